The largest absolute Gasteiger partial charge is 0.243 e. The topological polar surface area (TPSA) is 37.4 Å². The second-order valence-electron chi connectivity index (χ2n) is 5.60. The van der Waals surface area contributed by atoms with E-state index in [2.05, 4.69) is 6.92 Å². The summed E-state index contributed by atoms with van der Waals surface area (Å²) in [5.74, 6) is 0.337. The minimum Gasteiger partial charge on any atom is -0.207 e. The summed E-state index contributed by atoms with van der Waals surface area (Å²) in [6.45, 7) is 4.69. The third-order valence-corrected chi connectivity index (χ3v) is 6.64. The molecule has 0 saturated carbocycles. The Morgan fingerprint density at radius 2 is 2.05 bits per heavy atom. The zero-order chi connectivity index (χ0) is 15.5. The molecule has 1 fully saturated rings. The van der Waals surface area contributed by atoms with Crippen molar-refractivity contribution >= 4 is 21.6 Å². The van der Waals surface area contributed by atoms with Crippen molar-refractivity contribution in [2.45, 2.75) is 62.8 Å². The number of aryl methyl sites for hydroxylation is 1. The number of rotatable bonds is 5. The van der Waals surface area contributed by atoms with Crippen LogP contribution in [0.1, 0.15) is 50.7 Å². The fourth-order valence-electron chi connectivity index (χ4n) is 3.04. The highest BCUT2D eigenvalue weighted by Crippen LogP contribution is 2.29. The average molecular weight is 330 g/mol. The van der Waals surface area contributed by atoms with Gasteiger partial charge in [0.15, 0.2) is 0 Å². The number of sulfonamides is 1. The number of nitrogens with zero attached hydrogens (tertiary/aromatic N) is 1. The molecule has 0 amide bonds. The number of alkyl halides is 1. The van der Waals surface area contributed by atoms with E-state index in [1.54, 1.807) is 10.4 Å². The molecule has 21 heavy (non-hydrogen) atoms. The number of hydrogen-bond donors (Lipinski definition) is 0. The second kappa shape index (κ2) is 7.12. The normalized spacial score (nSPS) is 20.6. The van der Waals surface area contributed by atoms with Gasteiger partial charge < -0.3 is 0 Å². The minimum absolute atomic E-state index is 0.133. The minimum atomic E-state index is -3.42. The van der Waals surface area contributed by atoms with Crippen molar-refractivity contribution in [3.05, 3.63) is 29.3 Å². The predicted octanol–water partition coefficient (Wildman–Crippen LogP) is 3.94. The van der Waals surface area contributed by atoms with E-state index in [9.17, 15) is 8.42 Å². The van der Waals surface area contributed by atoms with Gasteiger partial charge in [-0.05, 0) is 42.9 Å². The number of piperidine rings is 1. The molecule has 5 heteroatoms. The second-order valence-corrected chi connectivity index (χ2v) is 7.73. The molecule has 1 aromatic rings. The molecule has 1 unspecified atom stereocenters. The summed E-state index contributed by atoms with van der Waals surface area (Å²) in [7, 11) is -3.42. The van der Waals surface area contributed by atoms with E-state index in [1.807, 2.05) is 19.1 Å². The Labute approximate surface area is 133 Å². The lowest BCUT2D eigenvalue weighted by molar-refractivity contribution is 0.246. The lowest BCUT2D eigenvalue weighted by atomic mass is 10.0. The lowest BCUT2D eigenvalue weighted by Gasteiger charge is -2.34. The Bertz CT molecular complexity index is 586. The first-order valence-corrected chi connectivity index (χ1v) is 9.71. The lowest BCUT2D eigenvalue weighted by Crippen LogP contribution is -2.43. The maximum Gasteiger partial charge on any atom is 0.243 e. The third kappa shape index (κ3) is 3.43. The van der Waals surface area contributed by atoms with Gasteiger partial charge in [-0.15, -0.1) is 11.6 Å². The van der Waals surface area contributed by atoms with E-state index in [0.29, 0.717) is 23.7 Å². The maximum atomic E-state index is 13.1. The van der Waals surface area contributed by atoms with E-state index >= 15 is 0 Å². The van der Waals surface area contributed by atoms with E-state index in [4.69, 9.17) is 11.6 Å². The van der Waals surface area contributed by atoms with E-state index in [1.165, 1.54) is 0 Å². The highest BCUT2D eigenvalue weighted by atomic mass is 35.5. The molecule has 0 radical (unpaired) electrons. The number of hydrogen-bond acceptors (Lipinski definition) is 2. The smallest absolute Gasteiger partial charge is 0.207 e. The average Bonchev–Trinajstić information content (AvgIpc) is 2.54. The van der Waals surface area contributed by atoms with Gasteiger partial charge in [-0.3, -0.25) is 0 Å². The van der Waals surface area contributed by atoms with Crippen molar-refractivity contribution in [2.24, 2.45) is 0 Å². The van der Waals surface area contributed by atoms with Crippen molar-refractivity contribution < 1.29 is 8.42 Å². The summed E-state index contributed by atoms with van der Waals surface area (Å²) in [6, 6.07) is 5.70. The Kier molecular flexibility index (Phi) is 5.69. The van der Waals surface area contributed by atoms with Gasteiger partial charge in [0, 0.05) is 18.5 Å². The monoisotopic (exact) mass is 329 g/mol. The zero-order valence-electron chi connectivity index (χ0n) is 12.8. The first-order valence-electron chi connectivity index (χ1n) is 7.74. The summed E-state index contributed by atoms with van der Waals surface area (Å²) in [4.78, 5) is 0.448. The Morgan fingerprint density at radius 3 is 2.67 bits per heavy atom. The van der Waals surface area contributed by atoms with Crippen LogP contribution in [-0.2, 0) is 22.3 Å². The third-order valence-electron chi connectivity index (χ3n) is 4.30. The van der Waals surface area contributed by atoms with E-state index < -0.39 is 10.0 Å². The summed E-state index contributed by atoms with van der Waals surface area (Å²) in [6.07, 6.45) is 4.61. The molecule has 1 saturated heterocycles. The van der Waals surface area contributed by atoms with Crippen LogP contribution in [0.5, 0.6) is 0 Å². The molecule has 0 spiro atoms. The molecule has 1 aromatic carbocycles. The Hall–Kier alpha value is -0.580. The van der Waals surface area contributed by atoms with Crippen LogP contribution in [0.3, 0.4) is 0 Å². The highest BCUT2D eigenvalue weighted by Gasteiger charge is 2.33. The van der Waals surface area contributed by atoms with Crippen molar-refractivity contribution in [1.29, 1.82) is 0 Å². The molecule has 0 aliphatic carbocycles. The van der Waals surface area contributed by atoms with Gasteiger partial charge in [0.25, 0.3) is 0 Å². The van der Waals surface area contributed by atoms with Crippen LogP contribution in [0.2, 0.25) is 0 Å². The van der Waals surface area contributed by atoms with Gasteiger partial charge in [0.2, 0.25) is 10.0 Å². The Morgan fingerprint density at radius 1 is 1.29 bits per heavy atom. The molecule has 0 N–H and O–H groups in total. The molecule has 2 rings (SSSR count). The van der Waals surface area contributed by atoms with Gasteiger partial charge >= 0.3 is 0 Å². The van der Waals surface area contributed by atoms with E-state index in [0.717, 1.165) is 36.8 Å². The highest BCUT2D eigenvalue weighted by molar-refractivity contribution is 7.89. The number of halogens is 1. The van der Waals surface area contributed by atoms with Gasteiger partial charge in [-0.25, -0.2) is 8.42 Å². The molecule has 1 atom stereocenters. The summed E-state index contributed by atoms with van der Waals surface area (Å²) in [5.41, 5.74) is 1.74. The zero-order valence-corrected chi connectivity index (χ0v) is 14.4. The standard InChI is InChI=1S/C16H24ClNO2S/c1-3-14-9-8-13(12-17)11-16(14)21(19,20)18-10-6-5-7-15(18)4-2/h8-9,11,15H,3-7,10,12H2,1-2H3. The summed E-state index contributed by atoms with van der Waals surface area (Å²) in [5, 5.41) is 0. The van der Waals surface area contributed by atoms with Gasteiger partial charge in [0.1, 0.15) is 0 Å². The van der Waals surface area contributed by atoms with Crippen molar-refractivity contribution in [3.63, 3.8) is 0 Å². The molecular formula is C16H24ClNO2S. The summed E-state index contributed by atoms with van der Waals surface area (Å²) < 4.78 is 27.9. The fourth-order valence-corrected chi connectivity index (χ4v) is 5.32. The van der Waals surface area contributed by atoms with Gasteiger partial charge in [0.05, 0.1) is 4.90 Å². The van der Waals surface area contributed by atoms with Crippen LogP contribution in [-0.4, -0.2) is 25.3 Å². The molecule has 118 valence electrons. The molecule has 1 aliphatic heterocycles. The Balaban J connectivity index is 2.47. The van der Waals surface area contributed by atoms with Gasteiger partial charge in [-0.1, -0.05) is 32.4 Å². The molecule has 3 nitrogen and oxygen atoms in total. The molecule has 1 aliphatic rings. The first kappa shape index (κ1) is 16.8. The first-order chi connectivity index (χ1) is 10.0. The van der Waals surface area contributed by atoms with Gasteiger partial charge in [-0.2, -0.15) is 4.31 Å². The van der Waals surface area contributed by atoms with E-state index in [-0.39, 0.29) is 6.04 Å². The van der Waals surface area contributed by atoms with Crippen LogP contribution >= 0.6 is 11.6 Å². The quantitative estimate of drug-likeness (QED) is 0.767. The van der Waals surface area contributed by atoms with Crippen molar-refractivity contribution in [3.8, 4) is 0 Å². The molecule has 1 heterocycles. The van der Waals surface area contributed by atoms with Crippen molar-refractivity contribution in [1.82, 2.24) is 4.31 Å². The maximum absolute atomic E-state index is 13.1. The van der Waals surface area contributed by atoms with Crippen molar-refractivity contribution in [2.75, 3.05) is 6.54 Å². The van der Waals surface area contributed by atoms with Crippen LogP contribution in [0.25, 0.3) is 0 Å². The van der Waals surface area contributed by atoms with Crippen LogP contribution in [0, 0.1) is 0 Å². The predicted molar refractivity (Wildman–Crippen MR) is 87.2 cm³/mol. The van der Waals surface area contributed by atoms with Crippen LogP contribution in [0.15, 0.2) is 23.1 Å². The molecule has 0 bridgehead atoms. The fraction of sp³-hybridized carbons (Fsp3) is 0.625. The SMILES string of the molecule is CCc1ccc(CCl)cc1S(=O)(=O)N1CCCCC1CC. The van der Waals surface area contributed by atoms with Crippen LogP contribution < -0.4 is 0 Å². The summed E-state index contributed by atoms with van der Waals surface area (Å²) >= 11 is 5.88. The van der Waals surface area contributed by atoms with Crippen LogP contribution in [0.4, 0.5) is 0 Å². The number of benzene rings is 1. The molecule has 0 aromatic heterocycles. The molecular weight excluding hydrogens is 306 g/mol.